The predicted molar refractivity (Wildman–Crippen MR) is 27.2 cm³/mol. The van der Waals surface area contributed by atoms with Crippen LogP contribution in [0.3, 0.4) is 0 Å². The molecule has 0 saturated heterocycles. The maximum absolute atomic E-state index is 5.10. The van der Waals surface area contributed by atoms with Crippen LogP contribution in [0.2, 0.25) is 0 Å². The van der Waals surface area contributed by atoms with Gasteiger partial charge in [0.05, 0.1) is 0 Å². The van der Waals surface area contributed by atoms with E-state index in [1.807, 2.05) is 13.8 Å². The molecule has 1 radical (unpaired) electrons. The molecule has 0 aliphatic carbocycles. The molecule has 0 spiro atoms. The summed E-state index contributed by atoms with van der Waals surface area (Å²) in [5.41, 5.74) is 6.26. The van der Waals surface area contributed by atoms with Crippen LogP contribution >= 0.6 is 0 Å². The minimum Gasteiger partial charge on any atom is -0.326 e. The van der Waals surface area contributed by atoms with Gasteiger partial charge in [-0.25, -0.2) is 0 Å². The highest BCUT2D eigenvalue weighted by Gasteiger charge is 1.68. The molecule has 0 aromatic heterocycles. The van der Waals surface area contributed by atoms with Gasteiger partial charge in [0.1, 0.15) is 0 Å². The third-order valence-corrected chi connectivity index (χ3v) is 0.456. The van der Waals surface area contributed by atoms with Crippen LogP contribution in [0.15, 0.2) is 5.57 Å². The lowest BCUT2D eigenvalue weighted by Gasteiger charge is -1.79. The average Bonchev–Trinajstić information content (AvgIpc) is 1.35. The molecule has 2 N–H and O–H groups in total. The lowest BCUT2D eigenvalue weighted by Crippen LogP contribution is -1.93. The van der Waals surface area contributed by atoms with Crippen molar-refractivity contribution >= 4 is 0 Å². The minimum atomic E-state index is 0.544. The second kappa shape index (κ2) is 2.91. The van der Waals surface area contributed by atoms with Crippen molar-refractivity contribution < 1.29 is 0 Å². The first-order valence-corrected chi connectivity index (χ1v) is 2.01. The van der Waals surface area contributed by atoms with E-state index in [1.165, 1.54) is 0 Å². The molecule has 0 heterocycles. The van der Waals surface area contributed by atoms with Crippen LogP contribution in [0.4, 0.5) is 0 Å². The lowest BCUT2D eigenvalue weighted by atomic mass is 10.3. The Bertz CT molecular complexity index is 51.0. The van der Waals surface area contributed by atoms with Crippen LogP contribution in [-0.2, 0) is 0 Å². The van der Waals surface area contributed by atoms with Crippen LogP contribution in [0.1, 0.15) is 13.8 Å². The molecule has 0 aliphatic heterocycles. The summed E-state index contributed by atoms with van der Waals surface area (Å²) in [6, 6.07) is 0. The van der Waals surface area contributed by atoms with E-state index in [2.05, 4.69) is 6.08 Å². The summed E-state index contributed by atoms with van der Waals surface area (Å²) in [7, 11) is 0. The van der Waals surface area contributed by atoms with Crippen molar-refractivity contribution in [1.82, 2.24) is 0 Å². The Labute approximate surface area is 38.8 Å². The Kier molecular flexibility index (Phi) is 2.77. The standard InChI is InChI=1S/C5H10N/c1-5(2)3-4-6/h4,6H2,1-2H3. The van der Waals surface area contributed by atoms with Crippen molar-refractivity contribution in [2.45, 2.75) is 13.8 Å². The molecule has 0 aliphatic rings. The van der Waals surface area contributed by atoms with Gasteiger partial charge in [-0.15, -0.1) is 0 Å². The van der Waals surface area contributed by atoms with Crippen LogP contribution in [-0.4, -0.2) is 6.54 Å². The maximum atomic E-state index is 5.10. The quantitative estimate of drug-likeness (QED) is 0.497. The Morgan fingerprint density at radius 3 is 2.17 bits per heavy atom. The van der Waals surface area contributed by atoms with E-state index >= 15 is 0 Å². The zero-order valence-corrected chi connectivity index (χ0v) is 4.28. The molecule has 1 nitrogen and oxygen atoms in total. The molecule has 6 heavy (non-hydrogen) atoms. The maximum Gasteiger partial charge on any atom is 0.0180 e. The third-order valence-electron chi connectivity index (χ3n) is 0.456. The van der Waals surface area contributed by atoms with Gasteiger partial charge in [0.15, 0.2) is 0 Å². The van der Waals surface area contributed by atoms with E-state index in [-0.39, 0.29) is 0 Å². The first kappa shape index (κ1) is 5.70. The van der Waals surface area contributed by atoms with Gasteiger partial charge < -0.3 is 5.73 Å². The lowest BCUT2D eigenvalue weighted by molar-refractivity contribution is 1.17. The SMILES string of the molecule is CC(C)=[C]CN. The molecule has 0 amide bonds. The zero-order chi connectivity index (χ0) is 4.99. The Hall–Kier alpha value is -0.300. The van der Waals surface area contributed by atoms with Crippen molar-refractivity contribution in [2.24, 2.45) is 5.73 Å². The molecule has 0 bridgehead atoms. The number of hydrogen-bond acceptors (Lipinski definition) is 1. The van der Waals surface area contributed by atoms with Gasteiger partial charge in [0, 0.05) is 6.54 Å². The van der Waals surface area contributed by atoms with Crippen LogP contribution in [0, 0.1) is 6.08 Å². The molecule has 0 aromatic carbocycles. The highest BCUT2D eigenvalue weighted by molar-refractivity contribution is 4.85. The number of hydrogen-bond donors (Lipinski definition) is 1. The molecule has 35 valence electrons. The Morgan fingerprint density at radius 1 is 1.67 bits per heavy atom. The van der Waals surface area contributed by atoms with Gasteiger partial charge in [-0.05, 0) is 19.9 Å². The van der Waals surface area contributed by atoms with Crippen molar-refractivity contribution in [3.05, 3.63) is 11.6 Å². The monoisotopic (exact) mass is 84.1 g/mol. The van der Waals surface area contributed by atoms with Crippen molar-refractivity contribution in [2.75, 3.05) is 6.54 Å². The molecular formula is C5H10N. The molecule has 0 fully saturated rings. The highest BCUT2D eigenvalue weighted by Crippen LogP contribution is 1.81. The number of nitrogens with two attached hydrogens (primary N) is 1. The molecule has 1 heteroatoms. The molecular weight excluding hydrogens is 74.1 g/mol. The van der Waals surface area contributed by atoms with E-state index in [1.54, 1.807) is 0 Å². The topological polar surface area (TPSA) is 26.0 Å². The van der Waals surface area contributed by atoms with E-state index in [0.29, 0.717) is 6.54 Å². The minimum absolute atomic E-state index is 0.544. The molecule has 0 saturated carbocycles. The highest BCUT2D eigenvalue weighted by atomic mass is 14.5. The Balaban J connectivity index is 3.14. The first-order chi connectivity index (χ1) is 2.77. The van der Waals surface area contributed by atoms with Gasteiger partial charge in [0.25, 0.3) is 0 Å². The zero-order valence-electron chi connectivity index (χ0n) is 4.28. The molecule has 0 aromatic rings. The Morgan fingerprint density at radius 2 is 2.17 bits per heavy atom. The van der Waals surface area contributed by atoms with Gasteiger partial charge in [-0.2, -0.15) is 0 Å². The van der Waals surface area contributed by atoms with Gasteiger partial charge >= 0.3 is 0 Å². The average molecular weight is 84.1 g/mol. The second-order valence-corrected chi connectivity index (χ2v) is 1.38. The summed E-state index contributed by atoms with van der Waals surface area (Å²) in [6.07, 6.45) is 2.90. The van der Waals surface area contributed by atoms with Crippen LogP contribution in [0.25, 0.3) is 0 Å². The van der Waals surface area contributed by atoms with E-state index in [9.17, 15) is 0 Å². The summed E-state index contributed by atoms with van der Waals surface area (Å²) in [5.74, 6) is 0. The van der Waals surface area contributed by atoms with E-state index in [4.69, 9.17) is 5.73 Å². The normalized spacial score (nSPS) is 7.83. The summed E-state index contributed by atoms with van der Waals surface area (Å²) < 4.78 is 0. The predicted octanol–water partition coefficient (Wildman–Crippen LogP) is 0.714. The van der Waals surface area contributed by atoms with Crippen molar-refractivity contribution in [3.8, 4) is 0 Å². The largest absolute Gasteiger partial charge is 0.326 e. The van der Waals surface area contributed by atoms with Crippen LogP contribution < -0.4 is 5.73 Å². The van der Waals surface area contributed by atoms with Gasteiger partial charge in [-0.1, -0.05) is 5.57 Å². The summed E-state index contributed by atoms with van der Waals surface area (Å²) in [4.78, 5) is 0. The van der Waals surface area contributed by atoms with E-state index in [0.717, 1.165) is 5.57 Å². The molecule has 0 unspecified atom stereocenters. The fourth-order valence-corrected chi connectivity index (χ4v) is 0.204. The molecule has 0 rings (SSSR count). The summed E-state index contributed by atoms with van der Waals surface area (Å²) >= 11 is 0. The fraction of sp³-hybridized carbons (Fsp3) is 0.600. The summed E-state index contributed by atoms with van der Waals surface area (Å²) in [5, 5.41) is 0. The van der Waals surface area contributed by atoms with Crippen LogP contribution in [0.5, 0.6) is 0 Å². The van der Waals surface area contributed by atoms with Crippen molar-refractivity contribution in [1.29, 1.82) is 0 Å². The fourth-order valence-electron chi connectivity index (χ4n) is 0.204. The third kappa shape index (κ3) is 3.70. The number of rotatable bonds is 1. The summed E-state index contributed by atoms with van der Waals surface area (Å²) in [6.45, 7) is 4.50. The first-order valence-electron chi connectivity index (χ1n) is 2.01. The van der Waals surface area contributed by atoms with Crippen molar-refractivity contribution in [3.63, 3.8) is 0 Å². The van der Waals surface area contributed by atoms with Gasteiger partial charge in [-0.3, -0.25) is 0 Å². The van der Waals surface area contributed by atoms with E-state index < -0.39 is 0 Å². The second-order valence-electron chi connectivity index (χ2n) is 1.38. The molecule has 0 atom stereocenters. The number of allylic oxidation sites excluding steroid dienone is 1. The smallest absolute Gasteiger partial charge is 0.0180 e. The van der Waals surface area contributed by atoms with Gasteiger partial charge in [0.2, 0.25) is 0 Å².